The second kappa shape index (κ2) is 5.50. The van der Waals surface area contributed by atoms with E-state index in [1.165, 1.54) is 4.68 Å². The topological polar surface area (TPSA) is 66.6 Å². The highest BCUT2D eigenvalue weighted by Gasteiger charge is 2.10. The minimum atomic E-state index is 0.0739. The molecule has 0 aliphatic heterocycles. The summed E-state index contributed by atoms with van der Waals surface area (Å²) in [5.41, 5.74) is 9.48. The Morgan fingerprint density at radius 2 is 1.89 bits per heavy atom. The molecular weight excluding hydrogens is 297 g/mol. The van der Waals surface area contributed by atoms with Gasteiger partial charge >= 0.3 is 0 Å². The molecule has 2 rings (SSSR count). The highest BCUT2D eigenvalue weighted by Crippen LogP contribution is 2.30. The third kappa shape index (κ3) is 2.89. The molecule has 1 aromatic carbocycles. The summed E-state index contributed by atoms with van der Waals surface area (Å²) in [7, 11) is 0. The molecule has 0 aliphatic carbocycles. The monoisotopic (exact) mass is 301 g/mol. The lowest BCUT2D eigenvalue weighted by atomic mass is 10.1. The van der Waals surface area contributed by atoms with Crippen molar-refractivity contribution in [1.82, 2.24) is 9.78 Å². The van der Waals surface area contributed by atoms with Gasteiger partial charge in [0.05, 0.1) is 5.02 Å². The Morgan fingerprint density at radius 3 is 2.50 bits per heavy atom. The fourth-order valence-electron chi connectivity index (χ4n) is 1.45. The molecule has 0 unspecified atom stereocenters. The van der Waals surface area contributed by atoms with E-state index in [1.54, 1.807) is 24.4 Å². The Kier molecular flexibility index (Phi) is 3.99. The Hall–Kier alpha value is -1.39. The molecule has 8 heteroatoms. The fourth-order valence-corrected chi connectivity index (χ4v) is 2.23. The van der Waals surface area contributed by atoms with Crippen LogP contribution in [0, 0.1) is 0 Å². The average Bonchev–Trinajstić information content (AvgIpc) is 2.66. The van der Waals surface area contributed by atoms with Crippen LogP contribution in [0.3, 0.4) is 0 Å². The summed E-state index contributed by atoms with van der Waals surface area (Å²) >= 11 is 17.9. The third-order valence-electron chi connectivity index (χ3n) is 2.12. The molecule has 1 heterocycles. The van der Waals surface area contributed by atoms with Crippen LogP contribution in [0.4, 0.5) is 0 Å². The van der Waals surface area contributed by atoms with E-state index >= 15 is 0 Å². The number of hydrogen-bond acceptors (Lipinski definition) is 2. The molecule has 0 saturated heterocycles. The van der Waals surface area contributed by atoms with Crippen molar-refractivity contribution in [2.45, 2.75) is 6.67 Å². The van der Waals surface area contributed by atoms with Crippen LogP contribution in [0.5, 0.6) is 0 Å². The molecule has 1 aromatic heterocycles. The number of rotatable bonds is 3. The smallest absolute Gasteiger partial charge is 0.120 e. The van der Waals surface area contributed by atoms with Crippen molar-refractivity contribution >= 4 is 34.8 Å². The summed E-state index contributed by atoms with van der Waals surface area (Å²) in [5, 5.41) is 9.03. The Balaban J connectivity index is 2.43. The van der Waals surface area contributed by atoms with E-state index in [-0.39, 0.29) is 6.67 Å². The van der Waals surface area contributed by atoms with E-state index < -0.39 is 0 Å². The van der Waals surface area contributed by atoms with Crippen molar-refractivity contribution in [2.24, 2.45) is 5.11 Å². The normalized spacial score (nSPS) is 10.2. The van der Waals surface area contributed by atoms with Crippen LogP contribution in [0.2, 0.25) is 15.1 Å². The molecule has 0 saturated carbocycles. The number of benzene rings is 1. The maximum atomic E-state index is 8.24. The molecule has 2 aromatic rings. The van der Waals surface area contributed by atoms with Gasteiger partial charge in [0.2, 0.25) is 0 Å². The number of nitrogens with zero attached hydrogens (tertiary/aromatic N) is 5. The van der Waals surface area contributed by atoms with Crippen LogP contribution in [0.25, 0.3) is 21.7 Å². The van der Waals surface area contributed by atoms with Crippen molar-refractivity contribution in [3.05, 3.63) is 49.9 Å². The number of halogens is 3. The molecule has 5 nitrogen and oxygen atoms in total. The van der Waals surface area contributed by atoms with Gasteiger partial charge < -0.3 is 0 Å². The van der Waals surface area contributed by atoms with Crippen molar-refractivity contribution < 1.29 is 0 Å². The van der Waals surface area contributed by atoms with Gasteiger partial charge in [-0.15, -0.1) is 0 Å². The predicted octanol–water partition coefficient (Wildman–Crippen LogP) is 4.78. The van der Waals surface area contributed by atoms with Gasteiger partial charge in [-0.1, -0.05) is 39.9 Å². The van der Waals surface area contributed by atoms with Gasteiger partial charge in [-0.05, 0) is 23.7 Å². The van der Waals surface area contributed by atoms with Crippen molar-refractivity contribution in [2.75, 3.05) is 0 Å². The van der Waals surface area contributed by atoms with E-state index in [4.69, 9.17) is 40.3 Å². The first kappa shape index (κ1) is 13.1. The first-order chi connectivity index (χ1) is 8.60. The quantitative estimate of drug-likeness (QED) is 0.457. The summed E-state index contributed by atoms with van der Waals surface area (Å²) < 4.78 is 1.44. The maximum absolute atomic E-state index is 8.24. The molecule has 0 aliphatic rings. The molecule has 0 fully saturated rings. The molecule has 0 radical (unpaired) electrons. The standard InChI is InChI=1S/C10H6Cl3N5/c11-7-1-6(2-8(12)3-7)10-9(13)4-18(16-10)5-15-17-14/h1-4H,5H2. The SMILES string of the molecule is [N-]=[N+]=NCn1cc(Cl)c(-c2cc(Cl)cc(Cl)c2)n1. The maximum Gasteiger partial charge on any atom is 0.120 e. The second-order valence-corrected chi connectivity index (χ2v) is 4.68. The molecule has 0 N–H and O–H groups in total. The zero-order valence-corrected chi connectivity index (χ0v) is 11.2. The van der Waals surface area contributed by atoms with Crippen molar-refractivity contribution in [3.63, 3.8) is 0 Å². The highest BCUT2D eigenvalue weighted by molar-refractivity contribution is 6.36. The van der Waals surface area contributed by atoms with Crippen LogP contribution in [0.1, 0.15) is 0 Å². The van der Waals surface area contributed by atoms with Gasteiger partial charge in [0.25, 0.3) is 0 Å². The fraction of sp³-hybridized carbons (Fsp3) is 0.100. The average molecular weight is 303 g/mol. The lowest BCUT2D eigenvalue weighted by molar-refractivity contribution is 0.637. The number of azide groups is 1. The van der Waals surface area contributed by atoms with Gasteiger partial charge in [0.15, 0.2) is 0 Å². The van der Waals surface area contributed by atoms with Crippen molar-refractivity contribution in [1.29, 1.82) is 0 Å². The molecule has 0 bridgehead atoms. The Bertz CT molecular complexity index is 610. The van der Waals surface area contributed by atoms with E-state index in [1.807, 2.05) is 0 Å². The summed E-state index contributed by atoms with van der Waals surface area (Å²) in [4.78, 5) is 2.65. The second-order valence-electron chi connectivity index (χ2n) is 3.40. The van der Waals surface area contributed by atoms with E-state index in [9.17, 15) is 0 Å². The summed E-state index contributed by atoms with van der Waals surface area (Å²) in [5.74, 6) is 0. The highest BCUT2D eigenvalue weighted by atomic mass is 35.5. The summed E-state index contributed by atoms with van der Waals surface area (Å²) in [6.07, 6.45) is 1.57. The Morgan fingerprint density at radius 1 is 1.22 bits per heavy atom. The first-order valence-corrected chi connectivity index (χ1v) is 5.94. The third-order valence-corrected chi connectivity index (χ3v) is 2.84. The van der Waals surface area contributed by atoms with Crippen LogP contribution < -0.4 is 0 Å². The van der Waals surface area contributed by atoms with E-state index in [0.29, 0.717) is 26.3 Å². The van der Waals surface area contributed by atoms with Gasteiger partial charge in [-0.3, -0.25) is 4.68 Å². The lowest BCUT2D eigenvalue weighted by Gasteiger charge is -2.00. The molecule has 0 atom stereocenters. The van der Waals surface area contributed by atoms with Gasteiger partial charge in [0.1, 0.15) is 12.4 Å². The number of aromatic nitrogens is 2. The molecule has 0 spiro atoms. The van der Waals surface area contributed by atoms with Crippen molar-refractivity contribution in [3.8, 4) is 11.3 Å². The van der Waals surface area contributed by atoms with Gasteiger partial charge in [-0.2, -0.15) is 5.10 Å². The van der Waals surface area contributed by atoms with E-state index in [2.05, 4.69) is 15.1 Å². The summed E-state index contributed by atoms with van der Waals surface area (Å²) in [6.45, 7) is 0.0739. The van der Waals surface area contributed by atoms with Crippen LogP contribution in [-0.4, -0.2) is 9.78 Å². The summed E-state index contributed by atoms with van der Waals surface area (Å²) in [6, 6.07) is 5.04. The van der Waals surface area contributed by atoms with Crippen LogP contribution in [-0.2, 0) is 6.67 Å². The molecular formula is C10H6Cl3N5. The Labute approximate surface area is 118 Å². The zero-order valence-electron chi connectivity index (χ0n) is 8.89. The lowest BCUT2D eigenvalue weighted by Crippen LogP contribution is -1.94. The van der Waals surface area contributed by atoms with Crippen LogP contribution in [0.15, 0.2) is 29.5 Å². The molecule has 18 heavy (non-hydrogen) atoms. The molecule has 92 valence electrons. The van der Waals surface area contributed by atoms with Gasteiger partial charge in [-0.25, -0.2) is 0 Å². The van der Waals surface area contributed by atoms with Crippen LogP contribution >= 0.6 is 34.8 Å². The van der Waals surface area contributed by atoms with Gasteiger partial charge in [0, 0.05) is 26.7 Å². The largest absolute Gasteiger partial charge is 0.265 e. The minimum absolute atomic E-state index is 0.0739. The predicted molar refractivity (Wildman–Crippen MR) is 71.8 cm³/mol. The molecule has 0 amide bonds. The van der Waals surface area contributed by atoms with E-state index in [0.717, 1.165) is 0 Å². The minimum Gasteiger partial charge on any atom is -0.265 e. The zero-order chi connectivity index (χ0) is 13.1. The first-order valence-electron chi connectivity index (χ1n) is 4.80. The number of hydrogen-bond donors (Lipinski definition) is 0.